The van der Waals surface area contributed by atoms with Gasteiger partial charge in [-0.25, -0.2) is 14.8 Å². The lowest BCUT2D eigenvalue weighted by molar-refractivity contribution is -0.128. The van der Waals surface area contributed by atoms with Gasteiger partial charge in [-0.15, -0.1) is 0 Å². The maximum atomic E-state index is 11.9. The molecule has 0 aliphatic rings. The SMILES string of the molecule is Cc1cnc(CC(F)(F)F)nc1C(=O)O. The Hall–Kier alpha value is -1.66. The minimum absolute atomic E-state index is 0.230. The second-order valence-electron chi connectivity index (χ2n) is 2.91. The summed E-state index contributed by atoms with van der Waals surface area (Å²) in [6.45, 7) is 1.42. The fourth-order valence-electron chi connectivity index (χ4n) is 0.960. The molecule has 0 saturated heterocycles. The number of hydrogen-bond donors (Lipinski definition) is 1. The summed E-state index contributed by atoms with van der Waals surface area (Å²) in [6, 6.07) is 0. The van der Waals surface area contributed by atoms with Gasteiger partial charge in [-0.05, 0) is 6.92 Å². The molecule has 0 aliphatic carbocycles. The van der Waals surface area contributed by atoms with Crippen molar-refractivity contribution in [2.75, 3.05) is 0 Å². The van der Waals surface area contributed by atoms with Crippen LogP contribution in [-0.4, -0.2) is 27.2 Å². The van der Waals surface area contributed by atoms with Crippen LogP contribution in [0.3, 0.4) is 0 Å². The van der Waals surface area contributed by atoms with Gasteiger partial charge in [0.15, 0.2) is 5.69 Å². The molecular weight excluding hydrogens is 213 g/mol. The number of hydrogen-bond acceptors (Lipinski definition) is 3. The molecule has 0 saturated carbocycles. The minimum Gasteiger partial charge on any atom is -0.477 e. The molecule has 4 nitrogen and oxygen atoms in total. The van der Waals surface area contributed by atoms with Gasteiger partial charge in [0.05, 0.1) is 0 Å². The van der Waals surface area contributed by atoms with E-state index in [2.05, 4.69) is 9.97 Å². The van der Waals surface area contributed by atoms with Crippen LogP contribution in [0, 0.1) is 6.92 Å². The van der Waals surface area contributed by atoms with Gasteiger partial charge in [-0.3, -0.25) is 0 Å². The summed E-state index contributed by atoms with van der Waals surface area (Å²) in [6.07, 6.45) is -4.70. The van der Waals surface area contributed by atoms with Crippen molar-refractivity contribution >= 4 is 5.97 Å². The zero-order valence-corrected chi connectivity index (χ0v) is 7.67. The van der Waals surface area contributed by atoms with Gasteiger partial charge in [0, 0.05) is 11.8 Å². The summed E-state index contributed by atoms with van der Waals surface area (Å²) < 4.78 is 35.8. The highest BCUT2D eigenvalue weighted by atomic mass is 19.4. The van der Waals surface area contributed by atoms with Crippen molar-refractivity contribution in [3.05, 3.63) is 23.3 Å². The third-order valence-electron chi connectivity index (χ3n) is 1.58. The number of carboxylic acids is 1. The number of alkyl halides is 3. The van der Waals surface area contributed by atoms with Crippen LogP contribution >= 0.6 is 0 Å². The molecule has 1 heterocycles. The first-order valence-electron chi connectivity index (χ1n) is 3.92. The van der Waals surface area contributed by atoms with Crippen LogP contribution in [0.25, 0.3) is 0 Å². The fourth-order valence-corrected chi connectivity index (χ4v) is 0.960. The van der Waals surface area contributed by atoms with Gasteiger partial charge in [0.1, 0.15) is 12.2 Å². The molecule has 7 heteroatoms. The van der Waals surface area contributed by atoms with Crippen molar-refractivity contribution in [3.63, 3.8) is 0 Å². The van der Waals surface area contributed by atoms with Crippen molar-refractivity contribution in [1.82, 2.24) is 9.97 Å². The first kappa shape index (κ1) is 11.4. The molecule has 1 N–H and O–H groups in total. The predicted molar refractivity (Wildman–Crippen MR) is 43.5 cm³/mol. The molecule has 1 rings (SSSR count). The van der Waals surface area contributed by atoms with Crippen LogP contribution in [0.2, 0.25) is 0 Å². The number of carboxylic acid groups (broad SMARTS) is 1. The summed E-state index contributed by atoms with van der Waals surface area (Å²) in [5.74, 6) is -1.90. The Bertz CT molecular complexity index is 390. The van der Waals surface area contributed by atoms with Crippen LogP contribution in [0.4, 0.5) is 13.2 Å². The molecule has 0 radical (unpaired) electrons. The van der Waals surface area contributed by atoms with Gasteiger partial charge < -0.3 is 5.11 Å². The molecule has 0 unspecified atom stereocenters. The van der Waals surface area contributed by atoms with E-state index in [0.29, 0.717) is 0 Å². The number of nitrogens with zero attached hydrogens (tertiary/aromatic N) is 2. The third kappa shape index (κ3) is 3.19. The third-order valence-corrected chi connectivity index (χ3v) is 1.58. The van der Waals surface area contributed by atoms with Crippen molar-refractivity contribution < 1.29 is 23.1 Å². The van der Waals surface area contributed by atoms with Crippen LogP contribution in [-0.2, 0) is 6.42 Å². The van der Waals surface area contributed by atoms with Gasteiger partial charge in [0.25, 0.3) is 0 Å². The Morgan fingerprint density at radius 2 is 2.13 bits per heavy atom. The zero-order valence-electron chi connectivity index (χ0n) is 7.67. The standard InChI is InChI=1S/C8H7F3N2O2/c1-4-3-12-5(2-8(9,10)11)13-6(4)7(14)15/h3H,2H2,1H3,(H,14,15). The number of rotatable bonds is 2. The Balaban J connectivity index is 3.03. The number of aromatic carboxylic acids is 1. The van der Waals surface area contributed by atoms with Crippen LogP contribution in [0.1, 0.15) is 21.9 Å². The van der Waals surface area contributed by atoms with Crippen molar-refractivity contribution in [3.8, 4) is 0 Å². The second-order valence-corrected chi connectivity index (χ2v) is 2.91. The molecule has 0 fully saturated rings. The van der Waals surface area contributed by atoms with E-state index in [1.54, 1.807) is 0 Å². The van der Waals surface area contributed by atoms with Crippen molar-refractivity contribution in [2.45, 2.75) is 19.5 Å². The summed E-state index contributed by atoms with van der Waals surface area (Å²) >= 11 is 0. The first-order valence-corrected chi connectivity index (χ1v) is 3.92. The maximum absolute atomic E-state index is 11.9. The molecule has 15 heavy (non-hydrogen) atoms. The van der Waals surface area contributed by atoms with E-state index >= 15 is 0 Å². The van der Waals surface area contributed by atoms with E-state index in [1.807, 2.05) is 0 Å². The number of aryl methyl sites for hydroxylation is 1. The molecule has 1 aromatic heterocycles. The van der Waals surface area contributed by atoms with Gasteiger partial charge >= 0.3 is 12.1 Å². The zero-order chi connectivity index (χ0) is 11.6. The topological polar surface area (TPSA) is 63.1 Å². The lowest BCUT2D eigenvalue weighted by atomic mass is 10.2. The monoisotopic (exact) mass is 220 g/mol. The van der Waals surface area contributed by atoms with E-state index in [9.17, 15) is 18.0 Å². The average Bonchev–Trinajstić information content (AvgIpc) is 2.05. The van der Waals surface area contributed by atoms with E-state index in [-0.39, 0.29) is 5.56 Å². The summed E-state index contributed by atoms with van der Waals surface area (Å²) in [4.78, 5) is 17.3. The van der Waals surface area contributed by atoms with Crippen LogP contribution in [0.15, 0.2) is 6.20 Å². The Morgan fingerprint density at radius 1 is 1.53 bits per heavy atom. The minimum atomic E-state index is -4.44. The Morgan fingerprint density at radius 3 is 2.60 bits per heavy atom. The number of aromatic nitrogens is 2. The summed E-state index contributed by atoms with van der Waals surface area (Å²) in [5, 5.41) is 8.62. The van der Waals surface area contributed by atoms with E-state index < -0.39 is 30.1 Å². The molecular formula is C8H7F3N2O2. The molecule has 0 bridgehead atoms. The molecule has 0 atom stereocenters. The van der Waals surface area contributed by atoms with Crippen molar-refractivity contribution in [1.29, 1.82) is 0 Å². The van der Waals surface area contributed by atoms with E-state index in [1.165, 1.54) is 6.92 Å². The highest BCUT2D eigenvalue weighted by molar-refractivity contribution is 5.86. The lowest BCUT2D eigenvalue weighted by Crippen LogP contribution is -2.16. The van der Waals surface area contributed by atoms with Crippen LogP contribution in [0.5, 0.6) is 0 Å². The Kier molecular flexibility index (Phi) is 2.92. The van der Waals surface area contributed by atoms with E-state index in [4.69, 9.17) is 5.11 Å². The smallest absolute Gasteiger partial charge is 0.396 e. The highest BCUT2D eigenvalue weighted by Gasteiger charge is 2.29. The highest BCUT2D eigenvalue weighted by Crippen LogP contribution is 2.19. The molecule has 82 valence electrons. The van der Waals surface area contributed by atoms with Gasteiger partial charge in [-0.2, -0.15) is 13.2 Å². The molecule has 0 aliphatic heterocycles. The molecule has 1 aromatic rings. The van der Waals surface area contributed by atoms with Gasteiger partial charge in [0.2, 0.25) is 0 Å². The predicted octanol–water partition coefficient (Wildman–Crippen LogP) is 1.59. The molecule has 0 spiro atoms. The maximum Gasteiger partial charge on any atom is 0.396 e. The number of carbonyl (C=O) groups is 1. The van der Waals surface area contributed by atoms with Gasteiger partial charge in [-0.1, -0.05) is 0 Å². The summed E-state index contributed by atoms with van der Waals surface area (Å²) in [7, 11) is 0. The first-order chi connectivity index (χ1) is 6.79. The molecule has 0 aromatic carbocycles. The lowest BCUT2D eigenvalue weighted by Gasteiger charge is -2.06. The van der Waals surface area contributed by atoms with Crippen LogP contribution < -0.4 is 0 Å². The van der Waals surface area contributed by atoms with E-state index in [0.717, 1.165) is 6.20 Å². The summed E-state index contributed by atoms with van der Waals surface area (Å²) in [5.41, 5.74) is -0.169. The average molecular weight is 220 g/mol. The quantitative estimate of drug-likeness (QED) is 0.821. The fraction of sp³-hybridized carbons (Fsp3) is 0.375. The normalized spacial score (nSPS) is 11.5. The second kappa shape index (κ2) is 3.84. The Labute approximate surface area is 82.8 Å². The number of halogens is 3. The van der Waals surface area contributed by atoms with Crippen molar-refractivity contribution in [2.24, 2.45) is 0 Å². The largest absolute Gasteiger partial charge is 0.477 e. The molecule has 0 amide bonds.